The van der Waals surface area contributed by atoms with Crippen molar-refractivity contribution in [2.24, 2.45) is 0 Å². The third-order valence-corrected chi connectivity index (χ3v) is 3.43. The molecule has 1 amide bonds. The summed E-state index contributed by atoms with van der Waals surface area (Å²) < 4.78 is 13.2. The Morgan fingerprint density at radius 1 is 1.32 bits per heavy atom. The van der Waals surface area contributed by atoms with Crippen molar-refractivity contribution in [2.75, 3.05) is 6.54 Å². The van der Waals surface area contributed by atoms with Crippen LogP contribution in [0.25, 0.3) is 0 Å². The summed E-state index contributed by atoms with van der Waals surface area (Å²) in [5, 5.41) is 6.88. The molecular formula is C15H18N4O3. The van der Waals surface area contributed by atoms with E-state index in [1.54, 1.807) is 17.1 Å². The molecule has 0 aliphatic carbocycles. The number of nitrogens with one attached hydrogen (secondary N) is 1. The van der Waals surface area contributed by atoms with Crippen molar-refractivity contribution in [1.82, 2.24) is 20.1 Å². The predicted octanol–water partition coefficient (Wildman–Crippen LogP) is 1.01. The lowest BCUT2D eigenvalue weighted by molar-refractivity contribution is -0.133. The lowest BCUT2D eigenvalue weighted by atomic mass is 10.1. The van der Waals surface area contributed by atoms with E-state index in [0.717, 1.165) is 6.42 Å². The van der Waals surface area contributed by atoms with Gasteiger partial charge in [-0.15, -0.1) is 0 Å². The molecule has 7 heteroatoms. The second kappa shape index (κ2) is 6.46. The van der Waals surface area contributed by atoms with Crippen LogP contribution in [0.5, 0.6) is 11.5 Å². The summed E-state index contributed by atoms with van der Waals surface area (Å²) in [6.45, 7) is 3.09. The molecule has 1 aromatic heterocycles. The maximum atomic E-state index is 12.2. The smallest absolute Gasteiger partial charge is 0.265 e. The van der Waals surface area contributed by atoms with Gasteiger partial charge in [0.25, 0.3) is 5.91 Å². The first-order valence-corrected chi connectivity index (χ1v) is 7.26. The van der Waals surface area contributed by atoms with E-state index < -0.39 is 6.10 Å². The quantitative estimate of drug-likeness (QED) is 0.834. The minimum Gasteiger partial charge on any atom is -0.482 e. The Morgan fingerprint density at radius 2 is 2.09 bits per heavy atom. The summed E-state index contributed by atoms with van der Waals surface area (Å²) in [6, 6.07) is 7.36. The fourth-order valence-corrected chi connectivity index (χ4v) is 2.31. The molecule has 3 rings (SSSR count). The van der Waals surface area contributed by atoms with Crippen molar-refractivity contribution in [3.8, 4) is 11.5 Å². The number of nitrogens with zero attached hydrogens (tertiary/aromatic N) is 3. The second-order valence-corrected chi connectivity index (χ2v) is 5.11. The maximum Gasteiger partial charge on any atom is 0.265 e. The Bertz CT molecular complexity index is 629. The Hall–Kier alpha value is -2.57. The monoisotopic (exact) mass is 302 g/mol. The van der Waals surface area contributed by atoms with Crippen molar-refractivity contribution < 1.29 is 14.3 Å². The van der Waals surface area contributed by atoms with Crippen LogP contribution in [0.3, 0.4) is 0 Å². The van der Waals surface area contributed by atoms with E-state index in [0.29, 0.717) is 24.6 Å². The molecule has 0 fully saturated rings. The number of fused-ring (bicyclic) bond motifs is 1. The third kappa shape index (κ3) is 3.19. The van der Waals surface area contributed by atoms with Crippen LogP contribution in [0.2, 0.25) is 0 Å². The Morgan fingerprint density at radius 3 is 2.82 bits per heavy atom. The van der Waals surface area contributed by atoms with Crippen molar-refractivity contribution in [3.05, 3.63) is 36.9 Å². The summed E-state index contributed by atoms with van der Waals surface area (Å²) in [7, 11) is 0. The molecule has 1 N–H and O–H groups in total. The molecular weight excluding hydrogens is 284 g/mol. The van der Waals surface area contributed by atoms with E-state index in [-0.39, 0.29) is 12.0 Å². The molecule has 2 atom stereocenters. The number of amides is 1. The second-order valence-electron chi connectivity index (χ2n) is 5.11. The average molecular weight is 302 g/mol. The van der Waals surface area contributed by atoms with Crippen LogP contribution in [0.15, 0.2) is 36.9 Å². The Balaban J connectivity index is 1.50. The van der Waals surface area contributed by atoms with Crippen LogP contribution in [0, 0.1) is 0 Å². The highest BCUT2D eigenvalue weighted by atomic mass is 16.6. The largest absolute Gasteiger partial charge is 0.482 e. The first-order valence-electron chi connectivity index (χ1n) is 7.26. The predicted molar refractivity (Wildman–Crippen MR) is 78.6 cm³/mol. The molecule has 22 heavy (non-hydrogen) atoms. The van der Waals surface area contributed by atoms with Crippen molar-refractivity contribution in [2.45, 2.75) is 32.1 Å². The van der Waals surface area contributed by atoms with Gasteiger partial charge in [-0.1, -0.05) is 12.1 Å². The molecule has 0 radical (unpaired) electrons. The first kappa shape index (κ1) is 14.4. The number of aromatic nitrogens is 3. The zero-order valence-corrected chi connectivity index (χ0v) is 12.3. The molecule has 0 saturated carbocycles. The van der Waals surface area contributed by atoms with Crippen LogP contribution in [0.1, 0.15) is 13.3 Å². The van der Waals surface area contributed by atoms with Gasteiger partial charge >= 0.3 is 0 Å². The highest BCUT2D eigenvalue weighted by molar-refractivity contribution is 5.82. The third-order valence-electron chi connectivity index (χ3n) is 3.43. The highest BCUT2D eigenvalue weighted by Crippen LogP contribution is 2.33. The zero-order valence-electron chi connectivity index (χ0n) is 12.3. The van der Waals surface area contributed by atoms with Gasteiger partial charge in [-0.2, -0.15) is 5.10 Å². The molecule has 1 aliphatic rings. The number of rotatable bonds is 5. The van der Waals surface area contributed by atoms with Gasteiger partial charge in [0, 0.05) is 13.1 Å². The van der Waals surface area contributed by atoms with Gasteiger partial charge in [0.1, 0.15) is 18.8 Å². The van der Waals surface area contributed by atoms with Crippen LogP contribution < -0.4 is 14.8 Å². The van der Waals surface area contributed by atoms with E-state index in [1.807, 2.05) is 25.1 Å². The van der Waals surface area contributed by atoms with Gasteiger partial charge in [-0.3, -0.25) is 9.48 Å². The van der Waals surface area contributed by atoms with Gasteiger partial charge in [0.15, 0.2) is 11.5 Å². The molecule has 116 valence electrons. The molecule has 0 spiro atoms. The van der Waals surface area contributed by atoms with E-state index in [2.05, 4.69) is 15.4 Å². The van der Waals surface area contributed by atoms with Crippen molar-refractivity contribution >= 4 is 5.91 Å². The lowest BCUT2D eigenvalue weighted by Gasteiger charge is -2.31. The van der Waals surface area contributed by atoms with Gasteiger partial charge in [0.05, 0.1) is 0 Å². The number of ether oxygens (including phenoxy) is 2. The molecule has 2 aromatic rings. The Kier molecular flexibility index (Phi) is 4.22. The van der Waals surface area contributed by atoms with Gasteiger partial charge in [-0.05, 0) is 25.5 Å². The fraction of sp³-hybridized carbons (Fsp3) is 0.400. The molecule has 7 nitrogen and oxygen atoms in total. The zero-order chi connectivity index (χ0) is 15.4. The number of hydrogen-bond acceptors (Lipinski definition) is 5. The van der Waals surface area contributed by atoms with Gasteiger partial charge in [0.2, 0.25) is 6.10 Å². The highest BCUT2D eigenvalue weighted by Gasteiger charge is 2.33. The van der Waals surface area contributed by atoms with E-state index >= 15 is 0 Å². The number of para-hydroxylation sites is 2. The molecule has 1 aromatic carbocycles. The molecule has 0 bridgehead atoms. The molecule has 0 saturated heterocycles. The van der Waals surface area contributed by atoms with Crippen LogP contribution in [-0.2, 0) is 11.3 Å². The van der Waals surface area contributed by atoms with Gasteiger partial charge < -0.3 is 14.8 Å². The molecule has 0 unspecified atom stereocenters. The van der Waals surface area contributed by atoms with Crippen LogP contribution in [-0.4, -0.2) is 39.4 Å². The summed E-state index contributed by atoms with van der Waals surface area (Å²) in [4.78, 5) is 16.1. The number of benzene rings is 1. The Labute approximate surface area is 128 Å². The van der Waals surface area contributed by atoms with Crippen LogP contribution >= 0.6 is 0 Å². The number of aryl methyl sites for hydroxylation is 1. The lowest BCUT2D eigenvalue weighted by Crippen LogP contribution is -2.49. The molecule has 2 heterocycles. The summed E-state index contributed by atoms with van der Waals surface area (Å²) >= 11 is 0. The van der Waals surface area contributed by atoms with Gasteiger partial charge in [-0.25, -0.2) is 4.98 Å². The van der Waals surface area contributed by atoms with Crippen molar-refractivity contribution in [1.29, 1.82) is 0 Å². The minimum absolute atomic E-state index is 0.166. The summed E-state index contributed by atoms with van der Waals surface area (Å²) in [5.41, 5.74) is 0. The summed E-state index contributed by atoms with van der Waals surface area (Å²) in [6.07, 6.45) is 2.95. The minimum atomic E-state index is -0.638. The van der Waals surface area contributed by atoms with Crippen LogP contribution in [0.4, 0.5) is 0 Å². The SMILES string of the molecule is C[C@@H]1Oc2ccccc2O[C@@H]1C(=O)NCCCn1cncn1. The maximum absolute atomic E-state index is 12.2. The first-order chi connectivity index (χ1) is 10.7. The molecule has 1 aliphatic heterocycles. The fourth-order valence-electron chi connectivity index (χ4n) is 2.31. The number of carbonyl (C=O) groups is 1. The topological polar surface area (TPSA) is 78.3 Å². The standard InChI is InChI=1S/C15H18N4O3/c1-11-14(22-13-6-3-2-5-12(13)21-11)15(20)17-7-4-8-19-10-16-9-18-19/h2-3,5-6,9-11,14H,4,7-8H2,1H3,(H,17,20)/t11-,14-/m0/s1. The van der Waals surface area contributed by atoms with E-state index in [9.17, 15) is 4.79 Å². The summed E-state index contributed by atoms with van der Waals surface area (Å²) in [5.74, 6) is 1.11. The number of hydrogen-bond donors (Lipinski definition) is 1. The van der Waals surface area contributed by atoms with E-state index in [1.165, 1.54) is 6.33 Å². The van der Waals surface area contributed by atoms with E-state index in [4.69, 9.17) is 9.47 Å². The normalized spacial score (nSPS) is 19.7. The van der Waals surface area contributed by atoms with Crippen molar-refractivity contribution in [3.63, 3.8) is 0 Å². The average Bonchev–Trinajstić information content (AvgIpc) is 3.04. The number of carbonyl (C=O) groups excluding carboxylic acids is 1.